The lowest BCUT2D eigenvalue weighted by Gasteiger charge is -2.56. The number of ketones is 2. The molecule has 7 atom stereocenters. The molecule has 0 spiro atoms. The van der Waals surface area contributed by atoms with E-state index in [0.717, 1.165) is 39.3 Å². The Morgan fingerprint density at radius 3 is 2.57 bits per heavy atom. The van der Waals surface area contributed by atoms with Crippen LogP contribution < -0.4 is 0 Å². The molecule has 11 heteroatoms. The number of aliphatic hydroxyl groups is 1. The summed E-state index contributed by atoms with van der Waals surface area (Å²) in [5.74, 6) is -4.03. The van der Waals surface area contributed by atoms with Crippen LogP contribution in [0.3, 0.4) is 0 Å². The summed E-state index contributed by atoms with van der Waals surface area (Å²) < 4.78 is 22.7. The van der Waals surface area contributed by atoms with E-state index < -0.39 is 58.6 Å². The minimum atomic E-state index is -1.19. The largest absolute Gasteiger partial charge is 0.458 e. The van der Waals surface area contributed by atoms with Crippen LogP contribution in [0.15, 0.2) is 22.9 Å². The number of nitrogens with zero attached hydrogens (tertiary/aromatic N) is 2. The van der Waals surface area contributed by atoms with E-state index in [2.05, 4.69) is 4.90 Å². The van der Waals surface area contributed by atoms with E-state index >= 15 is 0 Å². The number of cyclic esters (lactones) is 1. The molecule has 11 nitrogen and oxygen atoms in total. The van der Waals surface area contributed by atoms with Crippen LogP contribution in [-0.4, -0.2) is 117 Å². The van der Waals surface area contributed by atoms with Crippen molar-refractivity contribution in [3.63, 3.8) is 0 Å². The van der Waals surface area contributed by atoms with Crippen molar-refractivity contribution in [2.24, 2.45) is 22.7 Å². The number of hydrogen-bond acceptors (Lipinski definition) is 11. The van der Waals surface area contributed by atoms with Crippen molar-refractivity contribution in [3.05, 3.63) is 22.9 Å². The quantitative estimate of drug-likeness (QED) is 0.250. The Kier molecular flexibility index (Phi) is 8.68. The third-order valence-corrected chi connectivity index (χ3v) is 10.3. The smallest absolute Gasteiger partial charge is 0.336 e. The normalized spacial score (nSPS) is 37.7. The molecule has 0 aromatic heterocycles. The monoisotopic (exact) mass is 588 g/mol. The molecule has 2 aliphatic heterocycles. The van der Waals surface area contributed by atoms with Gasteiger partial charge in [-0.3, -0.25) is 19.3 Å². The van der Waals surface area contributed by atoms with E-state index in [4.69, 9.17) is 18.9 Å². The molecule has 232 valence electrons. The zero-order valence-corrected chi connectivity index (χ0v) is 25.3. The molecule has 0 radical (unpaired) electrons. The Bertz CT molecular complexity index is 1190. The first-order valence-corrected chi connectivity index (χ1v) is 15.0. The first-order valence-electron chi connectivity index (χ1n) is 15.0. The number of hydrogen-bond donors (Lipinski definition) is 1. The van der Waals surface area contributed by atoms with E-state index in [1.54, 1.807) is 6.20 Å². The van der Waals surface area contributed by atoms with E-state index in [1.165, 1.54) is 14.0 Å². The Morgan fingerprint density at radius 2 is 1.90 bits per heavy atom. The summed E-state index contributed by atoms with van der Waals surface area (Å²) in [5, 5.41) is 11.0. The molecule has 42 heavy (non-hydrogen) atoms. The average Bonchev–Trinajstić information content (AvgIpc) is 3.23. The van der Waals surface area contributed by atoms with Crippen molar-refractivity contribution >= 4 is 23.5 Å². The van der Waals surface area contributed by atoms with Gasteiger partial charge in [-0.15, -0.1) is 0 Å². The third-order valence-electron chi connectivity index (χ3n) is 10.3. The van der Waals surface area contributed by atoms with Gasteiger partial charge in [0.05, 0.1) is 37.4 Å². The third kappa shape index (κ3) is 5.12. The van der Waals surface area contributed by atoms with Gasteiger partial charge in [-0.05, 0) is 37.2 Å². The lowest BCUT2D eigenvalue weighted by Crippen LogP contribution is -2.63. The van der Waals surface area contributed by atoms with Crippen molar-refractivity contribution in [1.29, 1.82) is 0 Å². The predicted octanol–water partition coefficient (Wildman–Crippen LogP) is 1.28. The summed E-state index contributed by atoms with van der Waals surface area (Å²) in [5.41, 5.74) is -0.976. The van der Waals surface area contributed by atoms with Gasteiger partial charge in [0.1, 0.15) is 12.2 Å². The zero-order chi connectivity index (χ0) is 30.4. The summed E-state index contributed by atoms with van der Waals surface area (Å²) in [6, 6.07) is 0. The summed E-state index contributed by atoms with van der Waals surface area (Å²) >= 11 is 0. The average molecular weight is 589 g/mol. The lowest BCUT2D eigenvalue weighted by atomic mass is 9.50. The highest BCUT2D eigenvalue weighted by molar-refractivity contribution is 6.47. The Morgan fingerprint density at radius 1 is 1.19 bits per heavy atom. The highest BCUT2D eigenvalue weighted by atomic mass is 16.6. The fraction of sp³-hybridized carbons (Fsp3) is 0.742. The second-order valence-corrected chi connectivity index (χ2v) is 12.9. The minimum Gasteiger partial charge on any atom is -0.458 e. The highest BCUT2D eigenvalue weighted by Gasteiger charge is 2.67. The van der Waals surface area contributed by atoms with Crippen LogP contribution in [0.4, 0.5) is 0 Å². The van der Waals surface area contributed by atoms with E-state index in [9.17, 15) is 24.3 Å². The number of morpholine rings is 1. The fourth-order valence-electron chi connectivity index (χ4n) is 8.16. The Balaban J connectivity index is 1.56. The molecule has 0 aromatic carbocycles. The van der Waals surface area contributed by atoms with Crippen molar-refractivity contribution in [2.45, 2.75) is 64.8 Å². The van der Waals surface area contributed by atoms with Gasteiger partial charge in [0.25, 0.3) is 0 Å². The summed E-state index contributed by atoms with van der Waals surface area (Å²) in [6.07, 6.45) is 1.33. The minimum absolute atomic E-state index is 0.00297. The van der Waals surface area contributed by atoms with Gasteiger partial charge in [-0.2, -0.15) is 0 Å². The molecule has 0 amide bonds. The van der Waals surface area contributed by atoms with Crippen molar-refractivity contribution in [2.75, 3.05) is 60.2 Å². The molecular weight excluding hydrogens is 544 g/mol. The summed E-state index contributed by atoms with van der Waals surface area (Å²) in [7, 11) is 3.32. The Hall–Kier alpha value is -2.60. The standard InChI is InChI=1S/C31H44N2O9/c1-18(34)41-21-15-30(2)20(7-8-22(30)35)24-26(21)31(3)23(17-39-5)42-29(38)19(25(31)28(37)27(24)36)16-32(4)9-6-10-33-11-13-40-14-12-33/h16,20-23,25,35H,6-15,17H2,1-5H3/b19-16+/t20?,21-,22+,23-,25?,30+,31+/m1/s1. The zero-order valence-electron chi connectivity index (χ0n) is 25.3. The molecule has 0 aromatic rings. The van der Waals surface area contributed by atoms with Crippen LogP contribution in [0.5, 0.6) is 0 Å². The topological polar surface area (TPSA) is 132 Å². The number of esters is 2. The maximum atomic E-state index is 14.2. The second-order valence-electron chi connectivity index (χ2n) is 12.9. The Labute approximate surface area is 247 Å². The number of fused-ring (bicyclic) bond motifs is 4. The number of Topliss-reactive ketones (excluding diaryl/α,β-unsaturated/α-hetero) is 2. The second kappa shape index (κ2) is 11.8. The number of allylic oxidation sites excluding steroid dienone is 1. The summed E-state index contributed by atoms with van der Waals surface area (Å²) in [4.78, 5) is 58.3. The SMILES string of the molecule is COC[C@H]1OC(=O)/C(=C/N(C)CCCN2CCOCC2)C2C(=O)C(=O)C3=C([C@H](OC(C)=O)C[C@@]4(C)C3CC[C@@H]4O)[C@]21C. The molecule has 1 N–H and O–H groups in total. The first-order chi connectivity index (χ1) is 19.9. The predicted molar refractivity (Wildman–Crippen MR) is 150 cm³/mol. The number of carbonyl (C=O) groups excluding carboxylic acids is 4. The number of carbonyl (C=O) groups is 4. The molecule has 2 unspecified atom stereocenters. The molecule has 0 bridgehead atoms. The molecule has 5 aliphatic rings. The van der Waals surface area contributed by atoms with Crippen LogP contribution in [-0.2, 0) is 38.1 Å². The van der Waals surface area contributed by atoms with Crippen molar-refractivity contribution < 1.29 is 43.2 Å². The van der Waals surface area contributed by atoms with Crippen LogP contribution in [0.25, 0.3) is 0 Å². The molecule has 5 rings (SSSR count). The maximum Gasteiger partial charge on any atom is 0.336 e. The van der Waals surface area contributed by atoms with Crippen LogP contribution >= 0.6 is 0 Å². The van der Waals surface area contributed by atoms with Gasteiger partial charge in [0.15, 0.2) is 0 Å². The molecular formula is C31H44N2O9. The lowest BCUT2D eigenvalue weighted by molar-refractivity contribution is -0.175. The van der Waals surface area contributed by atoms with Gasteiger partial charge in [-0.1, -0.05) is 13.8 Å². The van der Waals surface area contributed by atoms with Crippen LogP contribution in [0.2, 0.25) is 0 Å². The van der Waals surface area contributed by atoms with Crippen LogP contribution in [0.1, 0.15) is 46.5 Å². The van der Waals surface area contributed by atoms with Crippen molar-refractivity contribution in [3.8, 4) is 0 Å². The molecule has 2 saturated heterocycles. The highest BCUT2D eigenvalue weighted by Crippen LogP contribution is 2.63. The van der Waals surface area contributed by atoms with Gasteiger partial charge in [0.2, 0.25) is 11.6 Å². The number of rotatable bonds is 8. The molecule has 3 aliphatic carbocycles. The molecule has 2 heterocycles. The molecule has 3 fully saturated rings. The van der Waals surface area contributed by atoms with Gasteiger partial charge in [0, 0.05) is 69.9 Å². The first kappa shape index (κ1) is 30.8. The van der Waals surface area contributed by atoms with E-state index in [0.29, 0.717) is 37.0 Å². The van der Waals surface area contributed by atoms with E-state index in [-0.39, 0.29) is 18.1 Å². The number of methoxy groups -OCH3 is 1. The fourth-order valence-corrected chi connectivity index (χ4v) is 8.16. The molecule has 1 saturated carbocycles. The van der Waals surface area contributed by atoms with Crippen LogP contribution in [0, 0.1) is 22.7 Å². The van der Waals surface area contributed by atoms with Gasteiger partial charge >= 0.3 is 11.9 Å². The van der Waals surface area contributed by atoms with Crippen molar-refractivity contribution in [1.82, 2.24) is 9.80 Å². The maximum absolute atomic E-state index is 14.2. The van der Waals surface area contributed by atoms with E-state index in [1.807, 2.05) is 25.8 Å². The number of aliphatic hydroxyl groups excluding tert-OH is 1. The van der Waals surface area contributed by atoms with Gasteiger partial charge < -0.3 is 29.0 Å². The van der Waals surface area contributed by atoms with Gasteiger partial charge in [-0.25, -0.2) is 4.79 Å². The summed E-state index contributed by atoms with van der Waals surface area (Å²) in [6.45, 7) is 9.73. The number of ether oxygens (including phenoxy) is 4.